The molecule has 11 heteroatoms. The Labute approximate surface area is 226 Å². The minimum Gasteiger partial charge on any atom is -0.474 e. The van der Waals surface area contributed by atoms with Gasteiger partial charge in [-0.05, 0) is 57.1 Å². The van der Waals surface area contributed by atoms with Crippen LogP contribution in [0.1, 0.15) is 57.2 Å². The van der Waals surface area contributed by atoms with Crippen molar-refractivity contribution >= 4 is 22.9 Å². The summed E-state index contributed by atoms with van der Waals surface area (Å²) in [6.07, 6.45) is 3.52. The number of para-hydroxylation sites is 2. The molecule has 1 aromatic carbocycles. The molecule has 9 nitrogen and oxygen atoms in total. The molecule has 1 amide bonds. The van der Waals surface area contributed by atoms with Crippen molar-refractivity contribution in [1.29, 1.82) is 0 Å². The largest absolute Gasteiger partial charge is 0.474 e. The van der Waals surface area contributed by atoms with Crippen LogP contribution in [-0.4, -0.2) is 75.8 Å². The number of amides is 1. The molecule has 4 heterocycles. The first-order chi connectivity index (χ1) is 19.1. The van der Waals surface area contributed by atoms with Crippen LogP contribution < -0.4 is 9.64 Å². The first kappa shape index (κ1) is 25.9. The zero-order valence-corrected chi connectivity index (χ0v) is 22.0. The fraction of sp³-hybridized carbons (Fsp3) is 0.571. The summed E-state index contributed by atoms with van der Waals surface area (Å²) in [5, 5.41) is 0. The van der Waals surface area contributed by atoms with Crippen LogP contribution in [-0.2, 0) is 9.53 Å². The molecular formula is C28H34F2N6O3. The standard InChI is InChI=1S/C28H34F2N6O3/c29-25(30)26-31-21-6-2-3-7-22(21)36(26)23-18-24(33-28(32-23)35-14-16-38-17-15-35)39-20-10-8-19(9-11-20)27(37)34-12-4-1-5-13-34/h2-3,6-7,18-20,25H,1,4-5,8-17H2/t19-,20-. The highest BCUT2D eigenvalue weighted by molar-refractivity contribution is 5.79. The number of rotatable bonds is 6. The number of fused-ring (bicyclic) bond motifs is 1. The molecule has 0 unspecified atom stereocenters. The lowest BCUT2D eigenvalue weighted by Gasteiger charge is -2.34. The lowest BCUT2D eigenvalue weighted by Crippen LogP contribution is -2.41. The summed E-state index contributed by atoms with van der Waals surface area (Å²) in [4.78, 5) is 30.5. The van der Waals surface area contributed by atoms with E-state index in [2.05, 4.69) is 9.97 Å². The molecular weight excluding hydrogens is 506 g/mol. The van der Waals surface area contributed by atoms with Gasteiger partial charge in [-0.3, -0.25) is 9.36 Å². The van der Waals surface area contributed by atoms with Crippen molar-refractivity contribution in [2.45, 2.75) is 57.5 Å². The fourth-order valence-electron chi connectivity index (χ4n) is 5.88. The average molecular weight is 541 g/mol. The Balaban J connectivity index is 1.26. The third-order valence-corrected chi connectivity index (χ3v) is 7.96. The lowest BCUT2D eigenvalue weighted by atomic mass is 9.86. The number of anilines is 1. The van der Waals surface area contributed by atoms with E-state index in [-0.39, 0.29) is 23.8 Å². The molecule has 0 atom stereocenters. The van der Waals surface area contributed by atoms with E-state index in [1.807, 2.05) is 9.80 Å². The molecule has 2 aliphatic heterocycles. The van der Waals surface area contributed by atoms with Crippen molar-refractivity contribution in [3.05, 3.63) is 36.2 Å². The molecule has 0 bridgehead atoms. The molecule has 0 spiro atoms. The number of ether oxygens (including phenoxy) is 2. The molecule has 208 valence electrons. The Bertz CT molecular complexity index is 1300. The van der Waals surface area contributed by atoms with Crippen molar-refractivity contribution < 1.29 is 23.0 Å². The van der Waals surface area contributed by atoms with Gasteiger partial charge < -0.3 is 19.3 Å². The molecule has 3 aromatic rings. The molecule has 1 saturated carbocycles. The zero-order chi connectivity index (χ0) is 26.8. The molecule has 6 rings (SSSR count). The fourth-order valence-corrected chi connectivity index (χ4v) is 5.88. The van der Waals surface area contributed by atoms with Gasteiger partial charge >= 0.3 is 0 Å². The summed E-state index contributed by atoms with van der Waals surface area (Å²) < 4.78 is 41.4. The van der Waals surface area contributed by atoms with E-state index in [1.165, 1.54) is 11.0 Å². The smallest absolute Gasteiger partial charge is 0.296 e. The van der Waals surface area contributed by atoms with E-state index in [1.54, 1.807) is 30.3 Å². The number of hydrogen-bond acceptors (Lipinski definition) is 7. The molecule has 0 N–H and O–H groups in total. The number of piperidine rings is 1. The van der Waals surface area contributed by atoms with Crippen molar-refractivity contribution in [2.24, 2.45) is 5.92 Å². The number of aromatic nitrogens is 4. The number of alkyl halides is 2. The maximum Gasteiger partial charge on any atom is 0.296 e. The molecule has 39 heavy (non-hydrogen) atoms. The lowest BCUT2D eigenvalue weighted by molar-refractivity contribution is -0.138. The SMILES string of the molecule is O=C([C@H]1CC[C@H](Oc2cc(-n3c(C(F)F)nc4ccccc43)nc(N3CCOCC3)n2)CC1)N1CCCCC1. The third kappa shape index (κ3) is 5.54. The molecule has 1 aliphatic carbocycles. The Morgan fingerprint density at radius 2 is 1.69 bits per heavy atom. The number of morpholine rings is 1. The number of carbonyl (C=O) groups excluding carboxylic acids is 1. The van der Waals surface area contributed by atoms with E-state index in [0.29, 0.717) is 55.0 Å². The van der Waals surface area contributed by atoms with Crippen molar-refractivity contribution in [2.75, 3.05) is 44.3 Å². The number of hydrogen-bond donors (Lipinski definition) is 0. The van der Waals surface area contributed by atoms with Crippen LogP contribution in [0.4, 0.5) is 14.7 Å². The molecule has 3 fully saturated rings. The van der Waals surface area contributed by atoms with E-state index >= 15 is 0 Å². The second kappa shape index (κ2) is 11.4. The number of carbonyl (C=O) groups is 1. The molecule has 0 radical (unpaired) electrons. The minimum atomic E-state index is -2.78. The first-order valence-corrected chi connectivity index (χ1v) is 14.0. The normalized spacial score (nSPS) is 22.4. The number of likely N-dealkylation sites (tertiary alicyclic amines) is 1. The van der Waals surface area contributed by atoms with E-state index < -0.39 is 6.43 Å². The highest BCUT2D eigenvalue weighted by atomic mass is 19.3. The number of benzene rings is 1. The van der Waals surface area contributed by atoms with Crippen LogP contribution in [0.2, 0.25) is 0 Å². The molecule has 2 saturated heterocycles. The summed E-state index contributed by atoms with van der Waals surface area (Å²) in [5.74, 6) is 0.991. The molecule has 3 aliphatic rings. The Kier molecular flexibility index (Phi) is 7.58. The summed E-state index contributed by atoms with van der Waals surface area (Å²) >= 11 is 0. The highest BCUT2D eigenvalue weighted by Crippen LogP contribution is 2.32. The monoisotopic (exact) mass is 540 g/mol. The van der Waals surface area contributed by atoms with Gasteiger partial charge in [-0.1, -0.05) is 12.1 Å². The van der Waals surface area contributed by atoms with E-state index in [0.717, 1.165) is 51.6 Å². The van der Waals surface area contributed by atoms with Gasteiger partial charge in [-0.2, -0.15) is 9.97 Å². The Morgan fingerprint density at radius 1 is 0.949 bits per heavy atom. The van der Waals surface area contributed by atoms with Crippen molar-refractivity contribution in [1.82, 2.24) is 24.4 Å². The zero-order valence-electron chi connectivity index (χ0n) is 22.0. The van der Waals surface area contributed by atoms with Crippen LogP contribution in [0.25, 0.3) is 16.9 Å². The van der Waals surface area contributed by atoms with E-state index in [9.17, 15) is 13.6 Å². The van der Waals surface area contributed by atoms with Gasteiger partial charge in [0.15, 0.2) is 5.82 Å². The predicted octanol–water partition coefficient (Wildman–Crippen LogP) is 4.54. The summed E-state index contributed by atoms with van der Waals surface area (Å²) in [7, 11) is 0. The Morgan fingerprint density at radius 3 is 2.44 bits per heavy atom. The van der Waals surface area contributed by atoms with Crippen LogP contribution >= 0.6 is 0 Å². The maximum absolute atomic E-state index is 14.1. The number of imidazole rings is 1. The van der Waals surface area contributed by atoms with Gasteiger partial charge in [-0.15, -0.1) is 0 Å². The van der Waals surface area contributed by atoms with Crippen molar-refractivity contribution in [3.63, 3.8) is 0 Å². The summed E-state index contributed by atoms with van der Waals surface area (Å²) in [5.41, 5.74) is 1.01. The van der Waals surface area contributed by atoms with Crippen LogP contribution in [0.15, 0.2) is 30.3 Å². The van der Waals surface area contributed by atoms with Gasteiger partial charge in [0.05, 0.1) is 24.2 Å². The van der Waals surface area contributed by atoms with E-state index in [4.69, 9.17) is 14.5 Å². The summed E-state index contributed by atoms with van der Waals surface area (Å²) in [6.45, 7) is 4.00. The van der Waals surface area contributed by atoms with Gasteiger partial charge in [0.1, 0.15) is 11.9 Å². The van der Waals surface area contributed by atoms with Crippen molar-refractivity contribution in [3.8, 4) is 11.7 Å². The van der Waals surface area contributed by atoms with Gasteiger partial charge in [0.25, 0.3) is 6.43 Å². The predicted molar refractivity (Wildman–Crippen MR) is 141 cm³/mol. The molecule has 2 aromatic heterocycles. The van der Waals surface area contributed by atoms with Gasteiger partial charge in [0, 0.05) is 38.2 Å². The second-order valence-electron chi connectivity index (χ2n) is 10.5. The second-order valence-corrected chi connectivity index (χ2v) is 10.5. The average Bonchev–Trinajstić information content (AvgIpc) is 3.38. The maximum atomic E-state index is 14.1. The Hall–Kier alpha value is -3.34. The van der Waals surface area contributed by atoms with Crippen LogP contribution in [0.5, 0.6) is 5.88 Å². The quantitative estimate of drug-likeness (QED) is 0.454. The van der Waals surface area contributed by atoms with Gasteiger partial charge in [-0.25, -0.2) is 13.8 Å². The number of halogens is 2. The third-order valence-electron chi connectivity index (χ3n) is 7.96. The van der Waals surface area contributed by atoms with Gasteiger partial charge in [0.2, 0.25) is 17.7 Å². The highest BCUT2D eigenvalue weighted by Gasteiger charge is 2.31. The van der Waals surface area contributed by atoms with Crippen LogP contribution in [0, 0.1) is 5.92 Å². The topological polar surface area (TPSA) is 85.6 Å². The number of nitrogens with zero attached hydrogens (tertiary/aromatic N) is 6. The minimum absolute atomic E-state index is 0.0405. The van der Waals surface area contributed by atoms with Crippen LogP contribution in [0.3, 0.4) is 0 Å². The summed E-state index contributed by atoms with van der Waals surface area (Å²) in [6, 6.07) is 8.65. The first-order valence-electron chi connectivity index (χ1n) is 14.0.